The molecule has 28 heavy (non-hydrogen) atoms. The van der Waals surface area contributed by atoms with Crippen LogP contribution < -0.4 is 20.3 Å². The largest absolute Gasteiger partial charge is 0.493 e. The molecule has 0 spiro atoms. The van der Waals surface area contributed by atoms with Gasteiger partial charge in [-0.1, -0.05) is 0 Å². The lowest BCUT2D eigenvalue weighted by molar-refractivity contribution is 0.0986. The molecule has 1 aliphatic carbocycles. The van der Waals surface area contributed by atoms with Crippen molar-refractivity contribution in [3.05, 3.63) is 51.9 Å². The first-order valence-corrected chi connectivity index (χ1v) is 9.46. The van der Waals surface area contributed by atoms with Crippen LogP contribution in [-0.4, -0.2) is 34.5 Å². The number of pyridine rings is 1. The van der Waals surface area contributed by atoms with E-state index < -0.39 is 17.6 Å². The topological polar surface area (TPSA) is 99.5 Å². The quantitative estimate of drug-likeness (QED) is 0.724. The van der Waals surface area contributed by atoms with Crippen LogP contribution in [0, 0.1) is 0 Å². The molecule has 8 nitrogen and oxygen atoms in total. The standard InChI is InChI=1S/C19H17N3O5S/c1-3-27-16-8-12-11(7-15(16)26-2)13(9-14(12)23)21-19(25)22-18(24)10-5-4-6-20-17(10)28-22/h4-8,13H,3,9H2,1-2H3,(H,21,25). The SMILES string of the molecule is CCOc1cc2c(cc1OC)C(NC(=O)n1sc3ncccc3c1=O)CC2=O. The highest BCUT2D eigenvalue weighted by atomic mass is 32.1. The average Bonchev–Trinajstić information content (AvgIpc) is 3.19. The van der Waals surface area contributed by atoms with Crippen LogP contribution in [0.4, 0.5) is 4.79 Å². The van der Waals surface area contributed by atoms with Crippen LogP contribution in [-0.2, 0) is 0 Å². The molecule has 0 aliphatic heterocycles. The molecule has 0 fully saturated rings. The highest BCUT2D eigenvalue weighted by Crippen LogP contribution is 2.39. The number of methoxy groups -OCH3 is 1. The molecule has 144 valence electrons. The van der Waals surface area contributed by atoms with E-state index in [-0.39, 0.29) is 12.2 Å². The Kier molecular flexibility index (Phi) is 4.60. The van der Waals surface area contributed by atoms with Gasteiger partial charge in [-0.15, -0.1) is 0 Å². The number of rotatable bonds is 4. The van der Waals surface area contributed by atoms with Gasteiger partial charge >= 0.3 is 6.03 Å². The van der Waals surface area contributed by atoms with E-state index in [0.29, 0.717) is 39.4 Å². The fraction of sp³-hybridized carbons (Fsp3) is 0.263. The van der Waals surface area contributed by atoms with Crippen LogP contribution in [0.15, 0.2) is 35.3 Å². The highest BCUT2D eigenvalue weighted by Gasteiger charge is 2.33. The van der Waals surface area contributed by atoms with Crippen molar-refractivity contribution in [2.24, 2.45) is 0 Å². The number of benzene rings is 1. The van der Waals surface area contributed by atoms with Gasteiger partial charge in [-0.3, -0.25) is 9.59 Å². The highest BCUT2D eigenvalue weighted by molar-refractivity contribution is 7.14. The zero-order valence-corrected chi connectivity index (χ0v) is 16.0. The second-order valence-corrected chi connectivity index (χ2v) is 7.13. The Morgan fingerprint density at radius 2 is 2.18 bits per heavy atom. The van der Waals surface area contributed by atoms with Crippen LogP contribution in [0.25, 0.3) is 10.2 Å². The summed E-state index contributed by atoms with van der Waals surface area (Å²) in [6.07, 6.45) is 1.67. The summed E-state index contributed by atoms with van der Waals surface area (Å²) in [7, 11) is 1.51. The molecule has 0 bridgehead atoms. The minimum atomic E-state index is -0.591. The van der Waals surface area contributed by atoms with Crippen LogP contribution in [0.3, 0.4) is 0 Å². The summed E-state index contributed by atoms with van der Waals surface area (Å²) in [5.74, 6) is 0.864. The number of Topliss-reactive ketones (excluding diaryl/α,β-unsaturated/α-hetero) is 1. The molecular formula is C19H17N3O5S. The monoisotopic (exact) mass is 399 g/mol. The number of carbonyl (C=O) groups excluding carboxylic acids is 2. The fourth-order valence-electron chi connectivity index (χ4n) is 3.27. The maximum absolute atomic E-state index is 12.7. The van der Waals surface area contributed by atoms with Crippen LogP contribution in [0.5, 0.6) is 11.5 Å². The van der Waals surface area contributed by atoms with Gasteiger partial charge in [0.25, 0.3) is 5.56 Å². The molecule has 1 amide bonds. The number of nitrogens with one attached hydrogen (secondary N) is 1. The van der Waals surface area contributed by atoms with Gasteiger partial charge in [0.1, 0.15) is 4.83 Å². The van der Waals surface area contributed by atoms with Crippen molar-refractivity contribution in [1.82, 2.24) is 14.3 Å². The molecule has 4 rings (SSSR count). The third-order valence-electron chi connectivity index (χ3n) is 4.55. The number of amides is 1. The van der Waals surface area contributed by atoms with Gasteiger partial charge in [0.05, 0.1) is 25.1 Å². The zero-order valence-electron chi connectivity index (χ0n) is 15.2. The first-order chi connectivity index (χ1) is 13.5. The molecule has 2 heterocycles. The maximum Gasteiger partial charge on any atom is 0.338 e. The normalized spacial score (nSPS) is 15.5. The van der Waals surface area contributed by atoms with E-state index in [0.717, 1.165) is 15.5 Å². The molecule has 1 aromatic carbocycles. The number of carbonyl (C=O) groups is 2. The lowest BCUT2D eigenvalue weighted by atomic mass is 10.1. The minimum Gasteiger partial charge on any atom is -0.493 e. The number of hydrogen-bond donors (Lipinski definition) is 1. The first kappa shape index (κ1) is 18.2. The summed E-state index contributed by atoms with van der Waals surface area (Å²) in [6, 6.07) is 5.47. The van der Waals surface area contributed by atoms with E-state index in [9.17, 15) is 14.4 Å². The van der Waals surface area contributed by atoms with Crippen LogP contribution in [0.2, 0.25) is 0 Å². The number of hydrogen-bond acceptors (Lipinski definition) is 7. The van der Waals surface area contributed by atoms with E-state index in [1.54, 1.807) is 30.5 Å². The van der Waals surface area contributed by atoms with Crippen molar-refractivity contribution < 1.29 is 19.1 Å². The summed E-state index contributed by atoms with van der Waals surface area (Å²) in [4.78, 5) is 42.2. The Hall–Kier alpha value is -3.20. The second-order valence-electron chi connectivity index (χ2n) is 6.20. The molecule has 9 heteroatoms. The average molecular weight is 399 g/mol. The van der Waals surface area contributed by atoms with Crippen molar-refractivity contribution in [2.45, 2.75) is 19.4 Å². The summed E-state index contributed by atoms with van der Waals surface area (Å²) in [5.41, 5.74) is 0.699. The number of ketones is 1. The molecule has 0 radical (unpaired) electrons. The van der Waals surface area contributed by atoms with Crippen LogP contribution >= 0.6 is 11.5 Å². The van der Waals surface area contributed by atoms with Crippen molar-refractivity contribution in [3.8, 4) is 11.5 Å². The number of aromatic nitrogens is 2. The maximum atomic E-state index is 12.7. The van der Waals surface area contributed by atoms with Gasteiger partial charge in [-0.05, 0) is 48.3 Å². The summed E-state index contributed by atoms with van der Waals surface area (Å²) in [6.45, 7) is 2.28. The Labute approximate surface area is 163 Å². The van der Waals surface area contributed by atoms with Crippen molar-refractivity contribution in [1.29, 1.82) is 0 Å². The molecule has 1 unspecified atom stereocenters. The summed E-state index contributed by atoms with van der Waals surface area (Å²) in [5, 5.41) is 3.16. The zero-order chi connectivity index (χ0) is 19.8. The van der Waals surface area contributed by atoms with Crippen LogP contribution in [0.1, 0.15) is 35.3 Å². The molecule has 1 atom stereocenters. The molecule has 0 saturated heterocycles. The second kappa shape index (κ2) is 7.08. The predicted molar refractivity (Wildman–Crippen MR) is 104 cm³/mol. The molecule has 1 aliphatic rings. The van der Waals surface area contributed by atoms with Gasteiger partial charge in [0.15, 0.2) is 17.3 Å². The van der Waals surface area contributed by atoms with Gasteiger partial charge in [-0.2, -0.15) is 3.96 Å². The van der Waals surface area contributed by atoms with E-state index in [1.165, 1.54) is 7.11 Å². The molecule has 1 N–H and O–H groups in total. The summed E-state index contributed by atoms with van der Waals surface area (Å²) >= 11 is 0.966. The van der Waals surface area contributed by atoms with E-state index in [4.69, 9.17) is 9.47 Å². The number of nitrogens with zero attached hydrogens (tertiary/aromatic N) is 2. The molecule has 2 aromatic heterocycles. The Balaban J connectivity index is 1.66. The van der Waals surface area contributed by atoms with E-state index in [2.05, 4.69) is 10.3 Å². The molecule has 3 aromatic rings. The predicted octanol–water partition coefficient (Wildman–Crippen LogP) is 2.75. The molecule has 0 saturated carbocycles. The lowest BCUT2D eigenvalue weighted by Gasteiger charge is -2.15. The van der Waals surface area contributed by atoms with Crippen molar-refractivity contribution in [2.75, 3.05) is 13.7 Å². The van der Waals surface area contributed by atoms with E-state index >= 15 is 0 Å². The smallest absolute Gasteiger partial charge is 0.338 e. The van der Waals surface area contributed by atoms with Gasteiger partial charge in [0, 0.05) is 18.2 Å². The van der Waals surface area contributed by atoms with Crippen molar-refractivity contribution in [3.63, 3.8) is 0 Å². The third-order valence-corrected chi connectivity index (χ3v) is 5.56. The van der Waals surface area contributed by atoms with E-state index in [1.807, 2.05) is 6.92 Å². The Morgan fingerprint density at radius 1 is 1.36 bits per heavy atom. The van der Waals surface area contributed by atoms with Crippen molar-refractivity contribution >= 4 is 33.6 Å². The molecular weight excluding hydrogens is 382 g/mol. The minimum absolute atomic E-state index is 0.103. The lowest BCUT2D eigenvalue weighted by Crippen LogP contribution is -2.35. The van der Waals surface area contributed by atoms with Gasteiger partial charge in [-0.25, -0.2) is 9.78 Å². The fourth-order valence-corrected chi connectivity index (χ4v) is 4.12. The Bertz CT molecular complexity index is 1150. The number of ether oxygens (including phenoxy) is 2. The van der Waals surface area contributed by atoms with Gasteiger partial charge in [0.2, 0.25) is 0 Å². The first-order valence-electron chi connectivity index (χ1n) is 8.69. The Morgan fingerprint density at radius 3 is 2.89 bits per heavy atom. The summed E-state index contributed by atoms with van der Waals surface area (Å²) < 4.78 is 11.9. The number of fused-ring (bicyclic) bond motifs is 2. The third kappa shape index (κ3) is 2.93. The van der Waals surface area contributed by atoms with Gasteiger partial charge < -0.3 is 14.8 Å².